The minimum atomic E-state index is -0.546. The summed E-state index contributed by atoms with van der Waals surface area (Å²) in [6.45, 7) is 4.06. The molecule has 1 fully saturated rings. The molecule has 17 heavy (non-hydrogen) atoms. The molecule has 0 aromatic carbocycles. The zero-order valence-corrected chi connectivity index (χ0v) is 10.7. The predicted octanol–water partition coefficient (Wildman–Crippen LogP) is 0.668. The van der Waals surface area contributed by atoms with E-state index in [4.69, 9.17) is 5.73 Å². The van der Waals surface area contributed by atoms with E-state index in [2.05, 4.69) is 21.8 Å². The van der Waals surface area contributed by atoms with Gasteiger partial charge in [-0.1, -0.05) is 0 Å². The van der Waals surface area contributed by atoms with E-state index >= 15 is 0 Å². The number of carbonyl (C=O) groups excluding carboxylic acids is 1. The monoisotopic (exact) mass is 236 g/mol. The smallest absolute Gasteiger partial charge is 0.237 e. The van der Waals surface area contributed by atoms with E-state index in [9.17, 15) is 4.79 Å². The Labute approximate surface area is 101 Å². The number of nitrogens with one attached hydrogen (secondary N) is 1. The van der Waals surface area contributed by atoms with Crippen molar-refractivity contribution in [1.29, 1.82) is 0 Å². The lowest BCUT2D eigenvalue weighted by atomic mass is 9.97. The lowest BCUT2D eigenvalue weighted by Gasteiger charge is -2.25. The normalized spacial score (nSPS) is 28.5. The third kappa shape index (κ3) is 1.84. The van der Waals surface area contributed by atoms with Gasteiger partial charge in [0.05, 0.1) is 17.6 Å². The maximum Gasteiger partial charge on any atom is 0.237 e. The van der Waals surface area contributed by atoms with Crippen molar-refractivity contribution in [2.75, 3.05) is 7.05 Å². The van der Waals surface area contributed by atoms with Crippen LogP contribution in [0.15, 0.2) is 6.33 Å². The van der Waals surface area contributed by atoms with Gasteiger partial charge in [-0.15, -0.1) is 0 Å². The van der Waals surface area contributed by atoms with Crippen molar-refractivity contribution < 1.29 is 4.79 Å². The molecular formula is C12H20N4O. The fourth-order valence-corrected chi connectivity index (χ4v) is 2.71. The number of carbonyl (C=O) groups is 1. The Kier molecular flexibility index (Phi) is 2.95. The van der Waals surface area contributed by atoms with Crippen LogP contribution in [0.3, 0.4) is 0 Å². The number of imidazole rings is 1. The van der Waals surface area contributed by atoms with E-state index in [-0.39, 0.29) is 5.91 Å². The highest BCUT2D eigenvalue weighted by Crippen LogP contribution is 2.38. The zero-order chi connectivity index (χ0) is 12.6. The molecule has 0 saturated heterocycles. The van der Waals surface area contributed by atoms with Crippen molar-refractivity contribution in [1.82, 2.24) is 14.9 Å². The van der Waals surface area contributed by atoms with Crippen molar-refractivity contribution in [2.24, 2.45) is 5.73 Å². The molecule has 5 heteroatoms. The molecule has 5 nitrogen and oxygen atoms in total. The summed E-state index contributed by atoms with van der Waals surface area (Å²) in [7, 11) is 1.80. The van der Waals surface area contributed by atoms with Gasteiger partial charge in [0.2, 0.25) is 5.91 Å². The summed E-state index contributed by atoms with van der Waals surface area (Å²) in [5.74, 6) is -0.253. The molecule has 1 heterocycles. The van der Waals surface area contributed by atoms with Gasteiger partial charge in [-0.2, -0.15) is 0 Å². The molecule has 2 unspecified atom stereocenters. The summed E-state index contributed by atoms with van der Waals surface area (Å²) in [5, 5.41) is 3.09. The number of aryl methyl sites for hydroxylation is 1. The van der Waals surface area contributed by atoms with E-state index in [1.165, 1.54) is 5.69 Å². The zero-order valence-electron chi connectivity index (χ0n) is 10.7. The van der Waals surface area contributed by atoms with Gasteiger partial charge >= 0.3 is 0 Å². The van der Waals surface area contributed by atoms with Gasteiger partial charge in [0.25, 0.3) is 0 Å². The standard InChI is InChI=1S/C12H20N4O/c1-8-9(2)16(7-15-8)10-4-5-12(6-10,14-3)11(13)17/h7,10,14H,4-6H2,1-3H3,(H2,13,17). The molecular weight excluding hydrogens is 216 g/mol. The third-order valence-electron chi connectivity index (χ3n) is 4.12. The summed E-state index contributed by atoms with van der Waals surface area (Å²) in [4.78, 5) is 15.9. The Morgan fingerprint density at radius 1 is 1.65 bits per heavy atom. The molecule has 1 aromatic rings. The Bertz CT molecular complexity index is 440. The molecule has 2 rings (SSSR count). The van der Waals surface area contributed by atoms with Gasteiger partial charge in [-0.3, -0.25) is 4.79 Å². The number of rotatable bonds is 3. The molecule has 94 valence electrons. The van der Waals surface area contributed by atoms with E-state index in [0.717, 1.165) is 25.0 Å². The van der Waals surface area contributed by atoms with Crippen LogP contribution in [-0.4, -0.2) is 28.0 Å². The molecule has 1 amide bonds. The Balaban J connectivity index is 2.23. The van der Waals surface area contributed by atoms with Crippen LogP contribution >= 0.6 is 0 Å². The lowest BCUT2D eigenvalue weighted by Crippen LogP contribution is -2.52. The van der Waals surface area contributed by atoms with Crippen LogP contribution < -0.4 is 11.1 Å². The highest BCUT2D eigenvalue weighted by Gasteiger charge is 2.43. The van der Waals surface area contributed by atoms with Crippen LogP contribution in [0.1, 0.15) is 36.7 Å². The number of primary amides is 1. The second kappa shape index (κ2) is 4.14. The van der Waals surface area contributed by atoms with Gasteiger partial charge in [-0.25, -0.2) is 4.98 Å². The molecule has 0 spiro atoms. The molecule has 3 N–H and O–H groups in total. The van der Waals surface area contributed by atoms with Crippen LogP contribution in [-0.2, 0) is 4.79 Å². The molecule has 1 aliphatic carbocycles. The number of nitrogens with zero attached hydrogens (tertiary/aromatic N) is 2. The highest BCUT2D eigenvalue weighted by molar-refractivity contribution is 5.85. The van der Waals surface area contributed by atoms with Gasteiger partial charge in [0.1, 0.15) is 0 Å². The fraction of sp³-hybridized carbons (Fsp3) is 0.667. The number of hydrogen-bond donors (Lipinski definition) is 2. The summed E-state index contributed by atoms with van der Waals surface area (Å²) >= 11 is 0. The first-order valence-corrected chi connectivity index (χ1v) is 5.99. The molecule has 1 aromatic heterocycles. The number of hydrogen-bond acceptors (Lipinski definition) is 3. The van der Waals surface area contributed by atoms with Crippen molar-refractivity contribution in [3.63, 3.8) is 0 Å². The minimum Gasteiger partial charge on any atom is -0.368 e. The maximum atomic E-state index is 11.6. The van der Waals surface area contributed by atoms with Crippen molar-refractivity contribution in [3.8, 4) is 0 Å². The minimum absolute atomic E-state index is 0.253. The first-order chi connectivity index (χ1) is 8.00. The molecule has 2 atom stereocenters. The predicted molar refractivity (Wildman–Crippen MR) is 65.6 cm³/mol. The van der Waals surface area contributed by atoms with E-state index in [0.29, 0.717) is 6.04 Å². The lowest BCUT2D eigenvalue weighted by molar-refractivity contribution is -0.124. The van der Waals surface area contributed by atoms with Gasteiger partial charge < -0.3 is 15.6 Å². The van der Waals surface area contributed by atoms with Crippen LogP contribution in [0, 0.1) is 13.8 Å². The van der Waals surface area contributed by atoms with Crippen LogP contribution in [0.25, 0.3) is 0 Å². The topological polar surface area (TPSA) is 72.9 Å². The maximum absolute atomic E-state index is 11.6. The number of nitrogens with two attached hydrogens (primary N) is 1. The molecule has 0 aliphatic heterocycles. The number of likely N-dealkylation sites (N-methyl/N-ethyl adjacent to an activating group) is 1. The van der Waals surface area contributed by atoms with E-state index < -0.39 is 5.54 Å². The number of amides is 1. The van der Waals surface area contributed by atoms with E-state index in [1.807, 2.05) is 13.3 Å². The first-order valence-electron chi connectivity index (χ1n) is 5.99. The Hall–Kier alpha value is -1.36. The van der Waals surface area contributed by atoms with Crippen LogP contribution in [0.4, 0.5) is 0 Å². The SMILES string of the molecule is CNC1(C(N)=O)CCC(n2cnc(C)c2C)C1. The van der Waals surface area contributed by atoms with Crippen LogP contribution in [0.2, 0.25) is 0 Å². The Morgan fingerprint density at radius 3 is 2.76 bits per heavy atom. The van der Waals surface area contributed by atoms with E-state index in [1.54, 1.807) is 7.05 Å². The summed E-state index contributed by atoms with van der Waals surface area (Å²) in [6.07, 6.45) is 4.36. The summed E-state index contributed by atoms with van der Waals surface area (Å²) in [6, 6.07) is 0.316. The third-order valence-corrected chi connectivity index (χ3v) is 4.12. The second-order valence-electron chi connectivity index (χ2n) is 4.92. The average molecular weight is 236 g/mol. The second-order valence-corrected chi connectivity index (χ2v) is 4.92. The molecule has 1 aliphatic rings. The first kappa shape index (κ1) is 12.1. The highest BCUT2D eigenvalue weighted by atomic mass is 16.1. The van der Waals surface area contributed by atoms with Gasteiger partial charge in [0.15, 0.2) is 0 Å². The largest absolute Gasteiger partial charge is 0.368 e. The Morgan fingerprint density at radius 2 is 2.35 bits per heavy atom. The van der Waals surface area contributed by atoms with Gasteiger partial charge in [-0.05, 0) is 40.2 Å². The quantitative estimate of drug-likeness (QED) is 0.810. The molecule has 0 radical (unpaired) electrons. The molecule has 1 saturated carbocycles. The van der Waals surface area contributed by atoms with Crippen molar-refractivity contribution >= 4 is 5.91 Å². The molecule has 0 bridgehead atoms. The van der Waals surface area contributed by atoms with Gasteiger partial charge in [0, 0.05) is 11.7 Å². The van der Waals surface area contributed by atoms with Crippen LogP contribution in [0.5, 0.6) is 0 Å². The summed E-state index contributed by atoms with van der Waals surface area (Å²) in [5.41, 5.74) is 7.17. The van der Waals surface area contributed by atoms with Crippen molar-refractivity contribution in [3.05, 3.63) is 17.7 Å². The fourth-order valence-electron chi connectivity index (χ4n) is 2.71. The average Bonchev–Trinajstić information content (AvgIpc) is 2.86. The number of aromatic nitrogens is 2. The summed E-state index contributed by atoms with van der Waals surface area (Å²) < 4.78 is 2.16. The van der Waals surface area contributed by atoms with Crippen molar-refractivity contribution in [2.45, 2.75) is 44.7 Å².